The van der Waals surface area contributed by atoms with Gasteiger partial charge in [-0.05, 0) is 22.9 Å². The van der Waals surface area contributed by atoms with Crippen LogP contribution in [0.3, 0.4) is 0 Å². The predicted molar refractivity (Wildman–Crippen MR) is 59.0 cm³/mol. The Labute approximate surface area is 89.6 Å². The molecule has 0 fully saturated rings. The molecule has 0 aliphatic rings. The Morgan fingerprint density at radius 3 is 2.71 bits per heavy atom. The van der Waals surface area contributed by atoms with E-state index in [4.69, 9.17) is 16.5 Å². The molecule has 0 saturated heterocycles. The maximum absolute atomic E-state index is 5.46. The third kappa shape index (κ3) is 3.50. The Hall–Kier alpha value is -0.830. The van der Waals surface area contributed by atoms with Crippen molar-refractivity contribution < 1.29 is 4.74 Å². The maximum atomic E-state index is 5.46. The molecule has 0 aliphatic heterocycles. The number of nitrogens with one attached hydrogen (secondary N) is 1. The van der Waals surface area contributed by atoms with Crippen molar-refractivity contribution >= 4 is 11.8 Å². The quantitative estimate of drug-likeness (QED) is 0.444. The van der Waals surface area contributed by atoms with Crippen LogP contribution >= 0.6 is 11.8 Å². The Morgan fingerprint density at radius 2 is 2.07 bits per heavy atom. The summed E-state index contributed by atoms with van der Waals surface area (Å²) >= 11 is 5.46. The van der Waals surface area contributed by atoms with E-state index >= 15 is 0 Å². The largest absolute Gasteiger partial charge is 0.373 e. The van der Waals surface area contributed by atoms with Gasteiger partial charge in [-0.3, -0.25) is 0 Å². The Morgan fingerprint density at radius 1 is 1.36 bits per heavy atom. The minimum atomic E-state index is 0.572. The molecule has 0 heterocycles. The molecule has 3 heteroatoms. The van der Waals surface area contributed by atoms with Crippen molar-refractivity contribution in [2.75, 3.05) is 6.61 Å². The van der Waals surface area contributed by atoms with Gasteiger partial charge in [0.1, 0.15) is 0 Å². The molecule has 1 aromatic carbocycles. The van der Waals surface area contributed by atoms with E-state index in [0.29, 0.717) is 19.8 Å². The SMILES string of the molecule is C=CCOCc1ccccc1CNCl. The fourth-order valence-electron chi connectivity index (χ4n) is 1.19. The lowest BCUT2D eigenvalue weighted by atomic mass is 10.1. The van der Waals surface area contributed by atoms with Crippen molar-refractivity contribution in [3.63, 3.8) is 0 Å². The highest BCUT2D eigenvalue weighted by Gasteiger charge is 1.99. The molecule has 0 unspecified atom stereocenters. The van der Waals surface area contributed by atoms with Gasteiger partial charge in [-0.15, -0.1) is 6.58 Å². The van der Waals surface area contributed by atoms with E-state index in [-0.39, 0.29) is 0 Å². The van der Waals surface area contributed by atoms with Crippen molar-refractivity contribution in [3.05, 3.63) is 48.0 Å². The predicted octanol–water partition coefficient (Wildman–Crippen LogP) is 2.63. The first-order chi connectivity index (χ1) is 6.88. The zero-order valence-electron chi connectivity index (χ0n) is 8.00. The van der Waals surface area contributed by atoms with Crippen LogP contribution in [0, 0.1) is 0 Å². The number of ether oxygens (including phenoxy) is 1. The zero-order valence-corrected chi connectivity index (χ0v) is 8.76. The third-order valence-electron chi connectivity index (χ3n) is 1.87. The molecule has 0 aromatic heterocycles. The fraction of sp³-hybridized carbons (Fsp3) is 0.273. The summed E-state index contributed by atoms with van der Waals surface area (Å²) in [5.41, 5.74) is 2.31. The first-order valence-electron chi connectivity index (χ1n) is 4.47. The normalized spacial score (nSPS) is 10.1. The van der Waals surface area contributed by atoms with Gasteiger partial charge in [0.15, 0.2) is 0 Å². The molecule has 1 rings (SSSR count). The van der Waals surface area contributed by atoms with E-state index < -0.39 is 0 Å². The second-order valence-corrected chi connectivity index (χ2v) is 3.15. The summed E-state index contributed by atoms with van der Waals surface area (Å²) in [7, 11) is 0. The average Bonchev–Trinajstić information content (AvgIpc) is 2.21. The van der Waals surface area contributed by atoms with Gasteiger partial charge in [0.05, 0.1) is 13.2 Å². The summed E-state index contributed by atoms with van der Waals surface area (Å²) < 4.78 is 5.37. The van der Waals surface area contributed by atoms with E-state index in [0.717, 1.165) is 11.1 Å². The van der Waals surface area contributed by atoms with E-state index in [9.17, 15) is 0 Å². The molecule has 0 amide bonds. The molecule has 0 atom stereocenters. The van der Waals surface area contributed by atoms with Crippen molar-refractivity contribution in [1.29, 1.82) is 0 Å². The molecule has 1 aromatic rings. The van der Waals surface area contributed by atoms with Gasteiger partial charge in [0.2, 0.25) is 0 Å². The van der Waals surface area contributed by atoms with Crippen LogP contribution in [-0.4, -0.2) is 6.61 Å². The van der Waals surface area contributed by atoms with E-state index in [1.54, 1.807) is 6.08 Å². The number of hydrogen-bond donors (Lipinski definition) is 1. The van der Waals surface area contributed by atoms with Gasteiger partial charge in [0.25, 0.3) is 0 Å². The number of rotatable bonds is 6. The van der Waals surface area contributed by atoms with Crippen molar-refractivity contribution in [2.45, 2.75) is 13.2 Å². The lowest BCUT2D eigenvalue weighted by Crippen LogP contribution is -2.04. The van der Waals surface area contributed by atoms with Gasteiger partial charge >= 0.3 is 0 Å². The Bertz CT molecular complexity index is 288. The van der Waals surface area contributed by atoms with Crippen molar-refractivity contribution in [1.82, 2.24) is 4.84 Å². The van der Waals surface area contributed by atoms with E-state index in [1.807, 2.05) is 24.3 Å². The molecule has 0 bridgehead atoms. The van der Waals surface area contributed by atoms with E-state index in [2.05, 4.69) is 11.4 Å². The smallest absolute Gasteiger partial charge is 0.0724 e. The highest BCUT2D eigenvalue weighted by atomic mass is 35.5. The van der Waals surface area contributed by atoms with Crippen LogP contribution in [0.25, 0.3) is 0 Å². The molecule has 14 heavy (non-hydrogen) atoms. The number of halogens is 1. The minimum absolute atomic E-state index is 0.572. The minimum Gasteiger partial charge on any atom is -0.373 e. The highest BCUT2D eigenvalue weighted by Crippen LogP contribution is 2.10. The molecule has 0 spiro atoms. The maximum Gasteiger partial charge on any atom is 0.0724 e. The molecule has 0 aliphatic carbocycles. The van der Waals surface area contributed by atoms with Crippen LogP contribution in [0.2, 0.25) is 0 Å². The van der Waals surface area contributed by atoms with Crippen LogP contribution in [-0.2, 0) is 17.9 Å². The van der Waals surface area contributed by atoms with Crippen LogP contribution in [0.5, 0.6) is 0 Å². The number of hydrogen-bond acceptors (Lipinski definition) is 2. The first-order valence-corrected chi connectivity index (χ1v) is 4.85. The van der Waals surface area contributed by atoms with E-state index in [1.165, 1.54) is 0 Å². The zero-order chi connectivity index (χ0) is 10.2. The summed E-state index contributed by atoms with van der Waals surface area (Å²) in [5.74, 6) is 0. The molecule has 0 saturated carbocycles. The summed E-state index contributed by atoms with van der Waals surface area (Å²) in [5, 5.41) is 0. The van der Waals surface area contributed by atoms with Gasteiger partial charge in [0, 0.05) is 6.54 Å². The van der Waals surface area contributed by atoms with Crippen LogP contribution in [0.1, 0.15) is 11.1 Å². The molecule has 0 radical (unpaired) electrons. The third-order valence-corrected chi connectivity index (χ3v) is 2.00. The Kier molecular flexibility index (Phi) is 5.30. The Balaban J connectivity index is 2.59. The number of benzene rings is 1. The molecule has 2 nitrogen and oxygen atoms in total. The van der Waals surface area contributed by atoms with Crippen LogP contribution < -0.4 is 4.84 Å². The lowest BCUT2D eigenvalue weighted by Gasteiger charge is -2.07. The summed E-state index contributed by atoms with van der Waals surface area (Å²) in [6.07, 6.45) is 1.74. The fourth-order valence-corrected chi connectivity index (χ4v) is 1.34. The lowest BCUT2D eigenvalue weighted by molar-refractivity contribution is 0.148. The van der Waals surface area contributed by atoms with Gasteiger partial charge in [-0.1, -0.05) is 30.3 Å². The summed E-state index contributed by atoms with van der Waals surface area (Å²) in [6, 6.07) is 8.04. The standard InChI is InChI=1S/C11H14ClNO/c1-2-7-14-9-11-6-4-3-5-10(11)8-13-12/h2-6,13H,1,7-9H2. The highest BCUT2D eigenvalue weighted by molar-refractivity contribution is 6.13. The van der Waals surface area contributed by atoms with Gasteiger partial charge in [-0.2, -0.15) is 0 Å². The molecule has 76 valence electrons. The van der Waals surface area contributed by atoms with Crippen molar-refractivity contribution in [2.24, 2.45) is 0 Å². The molecular weight excluding hydrogens is 198 g/mol. The topological polar surface area (TPSA) is 21.3 Å². The van der Waals surface area contributed by atoms with Crippen molar-refractivity contribution in [3.8, 4) is 0 Å². The monoisotopic (exact) mass is 211 g/mol. The summed E-state index contributed by atoms with van der Waals surface area (Å²) in [6.45, 7) is 5.41. The second-order valence-electron chi connectivity index (χ2n) is 2.88. The van der Waals surface area contributed by atoms with Gasteiger partial charge in [-0.25, -0.2) is 4.84 Å². The summed E-state index contributed by atoms with van der Waals surface area (Å²) in [4.78, 5) is 2.61. The first kappa shape index (κ1) is 11.2. The average molecular weight is 212 g/mol. The molecule has 1 N–H and O–H groups in total. The van der Waals surface area contributed by atoms with Crippen LogP contribution in [0.4, 0.5) is 0 Å². The van der Waals surface area contributed by atoms with Gasteiger partial charge < -0.3 is 4.74 Å². The second kappa shape index (κ2) is 6.60. The van der Waals surface area contributed by atoms with Crippen LogP contribution in [0.15, 0.2) is 36.9 Å². The molecular formula is C11H14ClNO.